The van der Waals surface area contributed by atoms with Gasteiger partial charge in [0.05, 0.1) is 11.4 Å². The topological polar surface area (TPSA) is 46.6 Å². The van der Waals surface area contributed by atoms with Gasteiger partial charge in [0.15, 0.2) is 0 Å². The molecule has 3 rings (SSSR count). The van der Waals surface area contributed by atoms with Crippen LogP contribution in [0.25, 0.3) is 6.08 Å². The largest absolute Gasteiger partial charge is 0.490 e. The average Bonchev–Trinajstić information content (AvgIpc) is 2.90. The van der Waals surface area contributed by atoms with Crippen molar-refractivity contribution in [3.05, 3.63) is 81.2 Å². The van der Waals surface area contributed by atoms with Gasteiger partial charge in [0.1, 0.15) is 12.4 Å². The predicted molar refractivity (Wildman–Crippen MR) is 110 cm³/mol. The SMILES string of the molecule is C=CCOc1ccc(/C=C2\SC(=O)N(Cc3ccc(Cl)cc3Cl)C2=O)cc1. The summed E-state index contributed by atoms with van der Waals surface area (Å²) in [7, 11) is 0. The molecule has 0 spiro atoms. The van der Waals surface area contributed by atoms with Crippen LogP contribution in [-0.2, 0) is 11.3 Å². The number of nitrogens with zero attached hydrogens (tertiary/aromatic N) is 1. The maximum absolute atomic E-state index is 12.6. The highest BCUT2D eigenvalue weighted by Crippen LogP contribution is 2.34. The van der Waals surface area contributed by atoms with Gasteiger partial charge in [-0.1, -0.05) is 54.1 Å². The first-order valence-corrected chi connectivity index (χ1v) is 9.58. The average molecular weight is 420 g/mol. The van der Waals surface area contributed by atoms with Crippen molar-refractivity contribution in [2.45, 2.75) is 6.54 Å². The van der Waals surface area contributed by atoms with Crippen LogP contribution in [0.1, 0.15) is 11.1 Å². The molecular weight excluding hydrogens is 405 g/mol. The first kappa shape index (κ1) is 19.5. The summed E-state index contributed by atoms with van der Waals surface area (Å²) in [6.07, 6.45) is 3.35. The molecule has 1 saturated heterocycles. The van der Waals surface area contributed by atoms with E-state index in [1.54, 1.807) is 42.5 Å². The van der Waals surface area contributed by atoms with E-state index in [0.717, 1.165) is 17.3 Å². The number of carbonyl (C=O) groups is 2. The number of carbonyl (C=O) groups excluding carboxylic acids is 2. The Morgan fingerprint density at radius 3 is 2.52 bits per heavy atom. The van der Waals surface area contributed by atoms with Crippen LogP contribution >= 0.6 is 35.0 Å². The van der Waals surface area contributed by atoms with Crippen LogP contribution < -0.4 is 4.74 Å². The lowest BCUT2D eigenvalue weighted by atomic mass is 10.2. The molecular formula is C20H15Cl2NO3S. The van der Waals surface area contributed by atoms with Gasteiger partial charge in [0.2, 0.25) is 0 Å². The maximum atomic E-state index is 12.6. The summed E-state index contributed by atoms with van der Waals surface area (Å²) in [5.74, 6) is 0.362. The lowest BCUT2D eigenvalue weighted by molar-refractivity contribution is -0.123. The van der Waals surface area contributed by atoms with Crippen molar-refractivity contribution in [3.8, 4) is 5.75 Å². The van der Waals surface area contributed by atoms with Gasteiger partial charge in [-0.2, -0.15) is 0 Å². The van der Waals surface area contributed by atoms with Crippen molar-refractivity contribution in [2.24, 2.45) is 0 Å². The van der Waals surface area contributed by atoms with Gasteiger partial charge in [0.25, 0.3) is 11.1 Å². The zero-order valence-corrected chi connectivity index (χ0v) is 16.5. The highest BCUT2D eigenvalue weighted by Gasteiger charge is 2.35. The second-order valence-electron chi connectivity index (χ2n) is 5.67. The Morgan fingerprint density at radius 1 is 1.11 bits per heavy atom. The van der Waals surface area contributed by atoms with Gasteiger partial charge in [-0.05, 0) is 53.2 Å². The van der Waals surface area contributed by atoms with Gasteiger partial charge in [0, 0.05) is 10.0 Å². The predicted octanol–water partition coefficient (Wildman–Crippen LogP) is 5.79. The van der Waals surface area contributed by atoms with E-state index in [1.165, 1.54) is 4.90 Å². The molecule has 1 heterocycles. The normalized spacial score (nSPS) is 15.5. The Kier molecular flexibility index (Phi) is 6.26. The summed E-state index contributed by atoms with van der Waals surface area (Å²) in [6.45, 7) is 4.12. The fourth-order valence-electron chi connectivity index (χ4n) is 2.42. The van der Waals surface area contributed by atoms with E-state index in [-0.39, 0.29) is 17.7 Å². The Balaban J connectivity index is 1.75. The summed E-state index contributed by atoms with van der Waals surface area (Å²) in [6, 6.07) is 12.2. The number of ether oxygens (including phenoxy) is 1. The fraction of sp³-hybridized carbons (Fsp3) is 0.100. The third-order valence-corrected chi connectivity index (χ3v) is 5.26. The molecule has 7 heteroatoms. The molecule has 27 heavy (non-hydrogen) atoms. The molecule has 0 N–H and O–H groups in total. The minimum Gasteiger partial charge on any atom is -0.490 e. The van der Waals surface area contributed by atoms with Crippen molar-refractivity contribution in [1.82, 2.24) is 4.90 Å². The van der Waals surface area contributed by atoms with E-state index in [0.29, 0.717) is 32.9 Å². The molecule has 0 bridgehead atoms. The lowest BCUT2D eigenvalue weighted by Crippen LogP contribution is -2.27. The molecule has 1 fully saturated rings. The third-order valence-electron chi connectivity index (χ3n) is 3.76. The summed E-state index contributed by atoms with van der Waals surface area (Å²) in [5, 5.41) is 0.585. The number of hydrogen-bond donors (Lipinski definition) is 0. The van der Waals surface area contributed by atoms with Crippen molar-refractivity contribution >= 4 is 52.2 Å². The highest BCUT2D eigenvalue weighted by atomic mass is 35.5. The van der Waals surface area contributed by atoms with Crippen LogP contribution in [0.15, 0.2) is 60.0 Å². The zero-order valence-electron chi connectivity index (χ0n) is 14.2. The summed E-state index contributed by atoms with van der Waals surface area (Å²) in [4.78, 5) is 26.4. The number of thioether (sulfide) groups is 1. The number of halogens is 2. The lowest BCUT2D eigenvalue weighted by Gasteiger charge is -2.13. The molecule has 0 unspecified atom stereocenters. The first-order chi connectivity index (χ1) is 13.0. The van der Waals surface area contributed by atoms with Gasteiger partial charge in [-0.25, -0.2) is 0 Å². The van der Waals surface area contributed by atoms with E-state index in [1.807, 2.05) is 12.1 Å². The van der Waals surface area contributed by atoms with Crippen LogP contribution in [-0.4, -0.2) is 22.7 Å². The van der Waals surface area contributed by atoms with Crippen LogP contribution in [0, 0.1) is 0 Å². The van der Waals surface area contributed by atoms with Crippen LogP contribution in [0.3, 0.4) is 0 Å². The van der Waals surface area contributed by atoms with E-state index < -0.39 is 0 Å². The van der Waals surface area contributed by atoms with E-state index in [2.05, 4.69) is 6.58 Å². The van der Waals surface area contributed by atoms with Crippen LogP contribution in [0.5, 0.6) is 5.75 Å². The smallest absolute Gasteiger partial charge is 0.293 e. The van der Waals surface area contributed by atoms with Gasteiger partial charge in [-0.15, -0.1) is 0 Å². The Hall–Kier alpha value is -2.21. The summed E-state index contributed by atoms with van der Waals surface area (Å²) < 4.78 is 5.43. The molecule has 2 aromatic rings. The number of imide groups is 1. The minimum atomic E-state index is -0.344. The zero-order chi connectivity index (χ0) is 19.4. The summed E-state index contributed by atoms with van der Waals surface area (Å²) >= 11 is 12.9. The van der Waals surface area contributed by atoms with E-state index in [9.17, 15) is 9.59 Å². The van der Waals surface area contributed by atoms with Crippen molar-refractivity contribution in [3.63, 3.8) is 0 Å². The van der Waals surface area contributed by atoms with Crippen molar-refractivity contribution in [1.29, 1.82) is 0 Å². The van der Waals surface area contributed by atoms with Gasteiger partial charge < -0.3 is 4.74 Å². The molecule has 2 amide bonds. The molecule has 2 aromatic carbocycles. The molecule has 1 aliphatic heterocycles. The van der Waals surface area contributed by atoms with Crippen LogP contribution in [0.2, 0.25) is 10.0 Å². The van der Waals surface area contributed by atoms with E-state index in [4.69, 9.17) is 27.9 Å². The highest BCUT2D eigenvalue weighted by molar-refractivity contribution is 8.18. The Morgan fingerprint density at radius 2 is 1.85 bits per heavy atom. The quantitative estimate of drug-likeness (QED) is 0.438. The summed E-state index contributed by atoms with van der Waals surface area (Å²) in [5.41, 5.74) is 1.46. The monoisotopic (exact) mass is 419 g/mol. The number of amides is 2. The maximum Gasteiger partial charge on any atom is 0.293 e. The molecule has 0 aliphatic carbocycles. The van der Waals surface area contributed by atoms with Crippen molar-refractivity contribution in [2.75, 3.05) is 6.61 Å². The molecule has 138 valence electrons. The van der Waals surface area contributed by atoms with Gasteiger partial charge in [-0.3, -0.25) is 14.5 Å². The molecule has 4 nitrogen and oxygen atoms in total. The Bertz CT molecular complexity index is 925. The van der Waals surface area contributed by atoms with Crippen LogP contribution in [0.4, 0.5) is 4.79 Å². The third kappa shape index (κ3) is 4.75. The standard InChI is InChI=1S/C20H15Cl2NO3S/c1-2-9-26-16-7-3-13(4-8-16)10-18-19(24)23(20(25)27-18)12-14-5-6-15(21)11-17(14)22/h2-8,10-11H,1,9,12H2/b18-10-. The molecule has 0 atom stereocenters. The minimum absolute atomic E-state index is 0.104. The first-order valence-electron chi connectivity index (χ1n) is 8.01. The number of benzene rings is 2. The van der Waals surface area contributed by atoms with Crippen molar-refractivity contribution < 1.29 is 14.3 Å². The second-order valence-corrected chi connectivity index (χ2v) is 7.51. The molecule has 0 radical (unpaired) electrons. The molecule has 1 aliphatic rings. The molecule has 0 saturated carbocycles. The second kappa shape index (κ2) is 8.65. The number of hydrogen-bond acceptors (Lipinski definition) is 4. The van der Waals surface area contributed by atoms with Gasteiger partial charge >= 0.3 is 0 Å². The molecule has 0 aromatic heterocycles. The number of rotatable bonds is 6. The Labute approximate surface area is 171 Å². The van der Waals surface area contributed by atoms with E-state index >= 15 is 0 Å². The fourth-order valence-corrected chi connectivity index (χ4v) is 3.73.